The molecule has 1 aliphatic rings. The fraction of sp³-hybridized carbons (Fsp3) is 0.500. The number of likely N-dealkylation sites (tertiary alicyclic amines) is 1. The van der Waals surface area contributed by atoms with Crippen molar-refractivity contribution in [3.8, 4) is 0 Å². The summed E-state index contributed by atoms with van der Waals surface area (Å²) in [5.74, 6) is -1.24. The second kappa shape index (κ2) is 6.76. The fourth-order valence-electron chi connectivity index (χ4n) is 2.75. The van der Waals surface area contributed by atoms with Crippen molar-refractivity contribution in [2.24, 2.45) is 5.41 Å². The largest absolute Gasteiger partial charge is 0.481 e. The van der Waals surface area contributed by atoms with Gasteiger partial charge < -0.3 is 15.0 Å². The van der Waals surface area contributed by atoms with Gasteiger partial charge in [-0.15, -0.1) is 0 Å². The van der Waals surface area contributed by atoms with E-state index in [9.17, 15) is 19.5 Å². The summed E-state index contributed by atoms with van der Waals surface area (Å²) in [5, 5.41) is 9.68. The quantitative estimate of drug-likeness (QED) is 0.817. The lowest BCUT2D eigenvalue weighted by atomic mass is 9.76. The predicted molar refractivity (Wildman–Crippen MR) is 84.1 cm³/mol. The van der Waals surface area contributed by atoms with E-state index in [2.05, 4.69) is 9.97 Å². The van der Waals surface area contributed by atoms with E-state index in [-0.39, 0.29) is 23.7 Å². The minimum atomic E-state index is -0.965. The Bertz CT molecular complexity index is 670. The van der Waals surface area contributed by atoms with Crippen molar-refractivity contribution in [3.05, 3.63) is 40.1 Å². The van der Waals surface area contributed by atoms with Crippen molar-refractivity contribution in [3.63, 3.8) is 0 Å². The average molecular weight is 319 g/mol. The van der Waals surface area contributed by atoms with Crippen LogP contribution in [0.4, 0.5) is 0 Å². The number of aromatic nitrogens is 2. The monoisotopic (exact) mass is 319 g/mol. The Morgan fingerprint density at radius 1 is 1.48 bits per heavy atom. The van der Waals surface area contributed by atoms with Gasteiger partial charge in [0.2, 0.25) is 0 Å². The molecule has 1 aliphatic heterocycles. The molecule has 1 fully saturated rings. The van der Waals surface area contributed by atoms with Crippen LogP contribution in [0.3, 0.4) is 0 Å². The summed E-state index contributed by atoms with van der Waals surface area (Å²) in [7, 11) is 0. The standard InChI is InChI=1S/C16H21N3O4/c1-11(2)4-6-16(15(22)23)5-3-7-19(10-16)14(21)12-8-18-13(20)9-17-12/h4,8-9H,3,5-7,10H2,1-2H3,(H,18,20)(H,22,23)/t16-/m0/s1. The first kappa shape index (κ1) is 16.9. The summed E-state index contributed by atoms with van der Waals surface area (Å²) in [5.41, 5.74) is -0.180. The van der Waals surface area contributed by atoms with Gasteiger partial charge >= 0.3 is 5.97 Å². The second-order valence-electron chi connectivity index (χ2n) is 6.20. The molecular formula is C16H21N3O4. The van der Waals surface area contributed by atoms with Gasteiger partial charge in [0.25, 0.3) is 11.5 Å². The predicted octanol–water partition coefficient (Wildman–Crippen LogP) is 1.43. The molecule has 1 aromatic heterocycles. The van der Waals surface area contributed by atoms with Gasteiger partial charge in [-0.05, 0) is 33.1 Å². The van der Waals surface area contributed by atoms with Crippen LogP contribution in [0.15, 0.2) is 28.8 Å². The van der Waals surface area contributed by atoms with Crippen LogP contribution in [0.5, 0.6) is 0 Å². The van der Waals surface area contributed by atoms with E-state index in [1.807, 2.05) is 19.9 Å². The molecule has 1 atom stereocenters. The van der Waals surface area contributed by atoms with Gasteiger partial charge in [-0.25, -0.2) is 4.98 Å². The minimum Gasteiger partial charge on any atom is -0.481 e. The number of hydrogen-bond donors (Lipinski definition) is 2. The van der Waals surface area contributed by atoms with E-state index in [0.717, 1.165) is 11.8 Å². The van der Waals surface area contributed by atoms with E-state index in [1.165, 1.54) is 11.1 Å². The van der Waals surface area contributed by atoms with Crippen molar-refractivity contribution < 1.29 is 14.7 Å². The molecule has 0 saturated carbocycles. The van der Waals surface area contributed by atoms with Crippen LogP contribution in [-0.4, -0.2) is 44.9 Å². The molecule has 1 aromatic rings. The van der Waals surface area contributed by atoms with E-state index >= 15 is 0 Å². The second-order valence-corrected chi connectivity index (χ2v) is 6.20. The summed E-state index contributed by atoms with van der Waals surface area (Å²) in [6.45, 7) is 4.48. The first-order valence-corrected chi connectivity index (χ1v) is 7.55. The van der Waals surface area contributed by atoms with Gasteiger partial charge in [0.15, 0.2) is 0 Å². The Hall–Kier alpha value is -2.44. The summed E-state index contributed by atoms with van der Waals surface area (Å²) >= 11 is 0. The van der Waals surface area contributed by atoms with E-state index in [0.29, 0.717) is 25.8 Å². The third-order valence-electron chi connectivity index (χ3n) is 4.11. The zero-order chi connectivity index (χ0) is 17.0. The fourth-order valence-corrected chi connectivity index (χ4v) is 2.75. The highest BCUT2D eigenvalue weighted by Crippen LogP contribution is 2.35. The third-order valence-corrected chi connectivity index (χ3v) is 4.11. The Balaban J connectivity index is 2.22. The number of carbonyl (C=O) groups is 2. The zero-order valence-electron chi connectivity index (χ0n) is 13.3. The molecule has 124 valence electrons. The summed E-state index contributed by atoms with van der Waals surface area (Å²) in [6, 6.07) is 0. The first-order chi connectivity index (χ1) is 10.8. The van der Waals surface area contributed by atoms with Gasteiger partial charge in [-0.2, -0.15) is 0 Å². The molecule has 0 radical (unpaired) electrons. The van der Waals surface area contributed by atoms with Crippen molar-refractivity contribution >= 4 is 11.9 Å². The third kappa shape index (κ3) is 3.85. The van der Waals surface area contributed by atoms with Gasteiger partial charge in [0.05, 0.1) is 11.6 Å². The number of hydrogen-bond acceptors (Lipinski definition) is 4. The van der Waals surface area contributed by atoms with Crippen molar-refractivity contribution in [2.75, 3.05) is 13.1 Å². The van der Waals surface area contributed by atoms with Crippen LogP contribution in [0.2, 0.25) is 0 Å². The van der Waals surface area contributed by atoms with Crippen LogP contribution in [0, 0.1) is 5.41 Å². The van der Waals surface area contributed by atoms with Gasteiger partial charge in [-0.1, -0.05) is 11.6 Å². The highest BCUT2D eigenvalue weighted by molar-refractivity contribution is 5.92. The molecule has 0 aromatic carbocycles. The molecule has 0 spiro atoms. The molecule has 1 amide bonds. The molecule has 2 heterocycles. The van der Waals surface area contributed by atoms with Crippen molar-refractivity contribution in [1.29, 1.82) is 0 Å². The number of piperidine rings is 1. The smallest absolute Gasteiger partial charge is 0.311 e. The Morgan fingerprint density at radius 3 is 2.78 bits per heavy atom. The summed E-state index contributed by atoms with van der Waals surface area (Å²) in [4.78, 5) is 43.1. The number of nitrogens with one attached hydrogen (secondary N) is 1. The van der Waals surface area contributed by atoms with Gasteiger partial charge in [-0.3, -0.25) is 14.4 Å². The van der Waals surface area contributed by atoms with Crippen molar-refractivity contribution in [1.82, 2.24) is 14.9 Å². The maximum atomic E-state index is 12.5. The maximum absolute atomic E-state index is 12.5. The molecule has 23 heavy (non-hydrogen) atoms. The molecule has 0 unspecified atom stereocenters. The molecule has 7 heteroatoms. The topological polar surface area (TPSA) is 103 Å². The molecule has 1 saturated heterocycles. The van der Waals surface area contributed by atoms with Crippen LogP contribution in [0.1, 0.15) is 43.6 Å². The number of allylic oxidation sites excluding steroid dienone is 2. The highest BCUT2D eigenvalue weighted by Gasteiger charge is 2.43. The number of H-pyrrole nitrogens is 1. The molecule has 0 aliphatic carbocycles. The van der Waals surface area contributed by atoms with Crippen LogP contribution in [-0.2, 0) is 4.79 Å². The number of amides is 1. The van der Waals surface area contributed by atoms with E-state index in [4.69, 9.17) is 0 Å². The number of carboxylic acid groups (broad SMARTS) is 1. The Labute approximate surface area is 134 Å². The molecular weight excluding hydrogens is 298 g/mol. The van der Waals surface area contributed by atoms with E-state index in [1.54, 1.807) is 0 Å². The van der Waals surface area contributed by atoms with Gasteiger partial charge in [0, 0.05) is 19.3 Å². The number of nitrogens with zero attached hydrogens (tertiary/aromatic N) is 2. The molecule has 0 bridgehead atoms. The highest BCUT2D eigenvalue weighted by atomic mass is 16.4. The van der Waals surface area contributed by atoms with Gasteiger partial charge in [0.1, 0.15) is 5.69 Å². The normalized spacial score (nSPS) is 20.9. The SMILES string of the molecule is CC(C)=CC[C@@]1(C(=O)O)CCCN(C(=O)c2c[nH]c(=O)cn2)C1. The van der Waals surface area contributed by atoms with Crippen LogP contribution < -0.4 is 5.56 Å². The van der Waals surface area contributed by atoms with Crippen LogP contribution in [0.25, 0.3) is 0 Å². The minimum absolute atomic E-state index is 0.119. The number of carboxylic acids is 1. The molecule has 2 rings (SSSR count). The molecule has 7 nitrogen and oxygen atoms in total. The summed E-state index contributed by atoms with van der Waals surface area (Å²) < 4.78 is 0. The zero-order valence-corrected chi connectivity index (χ0v) is 13.3. The lowest BCUT2D eigenvalue weighted by Gasteiger charge is -2.39. The molecule has 2 N–H and O–H groups in total. The summed E-state index contributed by atoms with van der Waals surface area (Å²) in [6.07, 6.45) is 5.77. The number of aromatic amines is 1. The van der Waals surface area contributed by atoms with Crippen molar-refractivity contribution in [2.45, 2.75) is 33.1 Å². The number of rotatable bonds is 4. The number of carbonyl (C=O) groups excluding carboxylic acids is 1. The lowest BCUT2D eigenvalue weighted by Crippen LogP contribution is -2.50. The van der Waals surface area contributed by atoms with E-state index < -0.39 is 11.4 Å². The number of aliphatic carboxylic acids is 1. The average Bonchev–Trinajstić information content (AvgIpc) is 2.53. The Kier molecular flexibility index (Phi) is 4.98. The lowest BCUT2D eigenvalue weighted by molar-refractivity contribution is -0.151. The van der Waals surface area contributed by atoms with Crippen LogP contribution >= 0.6 is 0 Å². The Morgan fingerprint density at radius 2 is 2.22 bits per heavy atom. The first-order valence-electron chi connectivity index (χ1n) is 7.55. The maximum Gasteiger partial charge on any atom is 0.311 e.